The van der Waals surface area contributed by atoms with Crippen molar-refractivity contribution in [3.8, 4) is 11.8 Å². The fraction of sp³-hybridized carbons (Fsp3) is 0.250. The number of anilines is 1. The molecule has 0 radical (unpaired) electrons. The molecular weight excluding hydrogens is 529 g/mol. The van der Waals surface area contributed by atoms with Gasteiger partial charge < -0.3 is 10.5 Å². The summed E-state index contributed by atoms with van der Waals surface area (Å²) in [5.74, 6) is 0.577. The number of rotatable bonds is 5. The minimum absolute atomic E-state index is 0.0454. The van der Waals surface area contributed by atoms with Gasteiger partial charge in [-0.05, 0) is 92.3 Å². The first-order valence-corrected chi connectivity index (χ1v) is 13.7. The van der Waals surface area contributed by atoms with Crippen molar-refractivity contribution in [3.63, 3.8) is 0 Å². The van der Waals surface area contributed by atoms with Crippen molar-refractivity contribution in [2.24, 2.45) is 5.73 Å². The first-order valence-electron chi connectivity index (χ1n) is 12.9. The molecule has 0 bridgehead atoms. The normalized spacial score (nSPS) is 17.3. The van der Waals surface area contributed by atoms with E-state index in [0.717, 1.165) is 51.4 Å². The van der Waals surface area contributed by atoms with Gasteiger partial charge in [0.2, 0.25) is 0 Å². The Bertz CT molecular complexity index is 1600. The second-order valence-electron chi connectivity index (χ2n) is 10.1. The third kappa shape index (κ3) is 5.03. The van der Waals surface area contributed by atoms with Gasteiger partial charge in [0.1, 0.15) is 18.2 Å². The maximum Gasteiger partial charge on any atom is 0.161 e. The zero-order valence-corrected chi connectivity index (χ0v) is 23.7. The van der Waals surface area contributed by atoms with Crippen molar-refractivity contribution in [1.29, 1.82) is 5.26 Å². The van der Waals surface area contributed by atoms with Crippen LogP contribution >= 0.6 is 23.2 Å². The van der Waals surface area contributed by atoms with Crippen molar-refractivity contribution < 1.29 is 9.53 Å². The number of nitrogens with two attached hydrogens (primary N) is 1. The number of nitrogens with zero attached hydrogens (tertiary/aromatic N) is 2. The first-order chi connectivity index (χ1) is 18.7. The highest BCUT2D eigenvalue weighted by molar-refractivity contribution is 6.31. The Morgan fingerprint density at radius 2 is 1.82 bits per heavy atom. The number of carbonyl (C=O) groups excluding carboxylic acids is 1. The highest BCUT2D eigenvalue weighted by atomic mass is 35.5. The number of hydrogen-bond acceptors (Lipinski definition) is 5. The number of allylic oxidation sites excluding steroid dienone is 3. The van der Waals surface area contributed by atoms with Crippen LogP contribution in [0.25, 0.3) is 0 Å². The molecular formula is C32H29Cl2N3O2. The van der Waals surface area contributed by atoms with E-state index in [4.69, 9.17) is 33.7 Å². The lowest BCUT2D eigenvalue weighted by Gasteiger charge is -2.40. The van der Waals surface area contributed by atoms with E-state index >= 15 is 0 Å². The summed E-state index contributed by atoms with van der Waals surface area (Å²) in [7, 11) is 0. The maximum absolute atomic E-state index is 13.6. The topological polar surface area (TPSA) is 79.3 Å². The van der Waals surface area contributed by atoms with Crippen LogP contribution in [0, 0.1) is 32.1 Å². The molecule has 1 aliphatic carbocycles. The molecule has 0 amide bonds. The summed E-state index contributed by atoms with van der Waals surface area (Å²) >= 11 is 12.4. The molecule has 0 saturated heterocycles. The van der Waals surface area contributed by atoms with E-state index < -0.39 is 5.92 Å². The zero-order chi connectivity index (χ0) is 27.8. The molecule has 1 heterocycles. The highest BCUT2D eigenvalue weighted by Crippen LogP contribution is 2.47. The Morgan fingerprint density at radius 1 is 1.05 bits per heavy atom. The number of benzene rings is 3. The minimum Gasteiger partial charge on any atom is -0.489 e. The van der Waals surface area contributed by atoms with Gasteiger partial charge in [-0.25, -0.2) is 0 Å². The van der Waals surface area contributed by atoms with E-state index in [9.17, 15) is 10.1 Å². The van der Waals surface area contributed by atoms with Gasteiger partial charge in [0, 0.05) is 33.4 Å². The molecule has 0 fully saturated rings. The molecule has 0 saturated carbocycles. The van der Waals surface area contributed by atoms with E-state index in [1.54, 1.807) is 12.1 Å². The van der Waals surface area contributed by atoms with Gasteiger partial charge in [-0.15, -0.1) is 0 Å². The Labute approximate surface area is 239 Å². The SMILES string of the molecule is Cc1cc(COc2ccc(Cl)cc2C)c(C)c(C2C(C#N)=C(N)N(c3cccc(Cl)c3)C3=C2C(=O)CCC3)c1. The maximum atomic E-state index is 13.6. The van der Waals surface area contributed by atoms with Crippen molar-refractivity contribution >= 4 is 34.7 Å². The minimum atomic E-state index is -0.552. The van der Waals surface area contributed by atoms with Crippen LogP contribution in [0.2, 0.25) is 10.0 Å². The molecule has 1 aliphatic heterocycles. The predicted molar refractivity (Wildman–Crippen MR) is 156 cm³/mol. The Morgan fingerprint density at radius 3 is 2.54 bits per heavy atom. The summed E-state index contributed by atoms with van der Waals surface area (Å²) in [6.45, 7) is 6.33. The average molecular weight is 559 g/mol. The molecule has 5 nitrogen and oxygen atoms in total. The number of aryl methyl sites for hydroxylation is 2. The Kier molecular flexibility index (Phi) is 7.44. The standard InChI is InChI=1S/C32H29Cl2N3O2/c1-18-12-21(17-39-29-11-10-23(34)14-19(29)2)20(3)25(13-18)30-26(16-35)32(36)37(24-7-4-6-22(33)15-24)27-8-5-9-28(38)31(27)30/h4,6-7,10-15,30H,5,8-9,17,36H2,1-3H3. The van der Waals surface area contributed by atoms with Gasteiger partial charge in [-0.2, -0.15) is 5.26 Å². The van der Waals surface area contributed by atoms with Crippen LogP contribution < -0.4 is 15.4 Å². The van der Waals surface area contributed by atoms with Gasteiger partial charge in [0.15, 0.2) is 5.78 Å². The summed E-state index contributed by atoms with van der Waals surface area (Å²) in [5, 5.41) is 11.6. The second-order valence-corrected chi connectivity index (χ2v) is 11.0. The highest BCUT2D eigenvalue weighted by Gasteiger charge is 2.41. The van der Waals surface area contributed by atoms with E-state index in [1.165, 1.54) is 0 Å². The van der Waals surface area contributed by atoms with Crippen molar-refractivity contribution in [3.05, 3.63) is 115 Å². The largest absolute Gasteiger partial charge is 0.489 e. The quantitative estimate of drug-likeness (QED) is 0.346. The van der Waals surface area contributed by atoms with Crippen molar-refractivity contribution in [1.82, 2.24) is 0 Å². The summed E-state index contributed by atoms with van der Waals surface area (Å²) < 4.78 is 6.18. The van der Waals surface area contributed by atoms with E-state index in [-0.39, 0.29) is 5.78 Å². The molecule has 0 aromatic heterocycles. The monoisotopic (exact) mass is 557 g/mol. The lowest BCUT2D eigenvalue weighted by molar-refractivity contribution is -0.116. The molecule has 39 heavy (non-hydrogen) atoms. The number of nitriles is 1. The predicted octanol–water partition coefficient (Wildman–Crippen LogP) is 7.80. The summed E-state index contributed by atoms with van der Waals surface area (Å²) in [6.07, 6.45) is 1.84. The van der Waals surface area contributed by atoms with Crippen LogP contribution in [0.15, 0.2) is 77.3 Å². The van der Waals surface area contributed by atoms with Crippen LogP contribution in [0.5, 0.6) is 5.75 Å². The molecule has 5 rings (SSSR count). The average Bonchev–Trinajstić information content (AvgIpc) is 2.89. The third-order valence-electron chi connectivity index (χ3n) is 7.51. The van der Waals surface area contributed by atoms with Crippen LogP contribution in [0.3, 0.4) is 0 Å². The molecule has 1 unspecified atom stereocenters. The first kappa shape index (κ1) is 26.9. The molecule has 0 spiro atoms. The van der Waals surface area contributed by atoms with E-state index in [0.29, 0.717) is 46.5 Å². The zero-order valence-electron chi connectivity index (χ0n) is 22.1. The number of ether oxygens (including phenoxy) is 1. The fourth-order valence-corrected chi connectivity index (χ4v) is 6.06. The molecule has 2 aliphatic rings. The third-order valence-corrected chi connectivity index (χ3v) is 7.98. The Hall–Kier alpha value is -3.72. The summed E-state index contributed by atoms with van der Waals surface area (Å²) in [6, 6.07) is 19.4. The molecule has 3 aromatic rings. The van der Waals surface area contributed by atoms with Gasteiger partial charge in [0.05, 0.1) is 17.6 Å². The molecule has 7 heteroatoms. The Balaban J connectivity index is 1.63. The smallest absolute Gasteiger partial charge is 0.161 e. The lowest BCUT2D eigenvalue weighted by Crippen LogP contribution is -2.39. The summed E-state index contributed by atoms with van der Waals surface area (Å²) in [5.41, 5.74) is 14.1. The van der Waals surface area contributed by atoms with Crippen LogP contribution in [-0.4, -0.2) is 5.78 Å². The van der Waals surface area contributed by atoms with Crippen LogP contribution in [-0.2, 0) is 11.4 Å². The number of ketones is 1. The lowest BCUT2D eigenvalue weighted by atomic mass is 9.73. The second kappa shape index (κ2) is 10.8. The van der Waals surface area contributed by atoms with Gasteiger partial charge >= 0.3 is 0 Å². The van der Waals surface area contributed by atoms with Crippen molar-refractivity contribution in [2.45, 2.75) is 52.6 Å². The van der Waals surface area contributed by atoms with Gasteiger partial charge in [0.25, 0.3) is 0 Å². The number of carbonyl (C=O) groups is 1. The fourth-order valence-electron chi connectivity index (χ4n) is 5.65. The van der Waals surface area contributed by atoms with Crippen LogP contribution in [0.1, 0.15) is 53.0 Å². The van der Waals surface area contributed by atoms with Crippen LogP contribution in [0.4, 0.5) is 5.69 Å². The number of halogens is 2. The molecule has 198 valence electrons. The van der Waals surface area contributed by atoms with Crippen molar-refractivity contribution in [2.75, 3.05) is 4.90 Å². The summed E-state index contributed by atoms with van der Waals surface area (Å²) in [4.78, 5) is 15.4. The molecule has 3 aromatic carbocycles. The molecule has 1 atom stereocenters. The van der Waals surface area contributed by atoms with E-state index in [2.05, 4.69) is 18.2 Å². The number of Topliss-reactive ketones (excluding diaryl/α,β-unsaturated/α-hetero) is 1. The van der Waals surface area contributed by atoms with E-state index in [1.807, 2.05) is 56.0 Å². The molecule has 2 N–H and O–H groups in total. The van der Waals surface area contributed by atoms with Gasteiger partial charge in [-0.1, -0.05) is 47.0 Å². The van der Waals surface area contributed by atoms with Gasteiger partial charge in [-0.3, -0.25) is 9.69 Å². The number of hydrogen-bond donors (Lipinski definition) is 1.